The predicted molar refractivity (Wildman–Crippen MR) is 243 cm³/mol. The Hall–Kier alpha value is -7.48. The number of anilines is 3. The first-order valence-corrected chi connectivity index (χ1v) is 19.6. The van der Waals surface area contributed by atoms with Crippen LogP contribution < -0.4 is 4.90 Å². The van der Waals surface area contributed by atoms with Crippen LogP contribution in [0.5, 0.6) is 0 Å². The van der Waals surface area contributed by atoms with Crippen LogP contribution in [0.25, 0.3) is 77.2 Å². The Labute approximate surface area is 334 Å². The fraction of sp³-hybridized carbons (Fsp3) is 0. The lowest BCUT2D eigenvalue weighted by molar-refractivity contribution is 1.28. The first-order valence-electron chi connectivity index (χ1n) is 19.6. The molecule has 0 saturated heterocycles. The smallest absolute Gasteiger partial charge is 0.0467 e. The lowest BCUT2D eigenvalue weighted by Crippen LogP contribution is -2.10. The number of fused-ring (bicyclic) bond motifs is 3. The third-order valence-electron chi connectivity index (χ3n) is 11.1. The van der Waals surface area contributed by atoms with Crippen LogP contribution in [0.15, 0.2) is 237 Å². The van der Waals surface area contributed by atoms with Crippen LogP contribution in [0, 0.1) is 0 Å². The SMILES string of the molecule is c1ccc(-c2ccc(N(c3ccc(-c4ccccc4)cc3)c3cccc(-c4c(-c5ccccc5-c5ccccc5)c5ccccc5c5ccccc45)c3)cc2)cc1. The van der Waals surface area contributed by atoms with Crippen molar-refractivity contribution in [2.45, 2.75) is 0 Å². The van der Waals surface area contributed by atoms with E-state index in [-0.39, 0.29) is 0 Å². The van der Waals surface area contributed by atoms with Gasteiger partial charge in [0.1, 0.15) is 0 Å². The van der Waals surface area contributed by atoms with Gasteiger partial charge in [-0.15, -0.1) is 0 Å². The van der Waals surface area contributed by atoms with Gasteiger partial charge in [0.25, 0.3) is 0 Å². The van der Waals surface area contributed by atoms with Gasteiger partial charge in [0.15, 0.2) is 0 Å². The van der Waals surface area contributed by atoms with Gasteiger partial charge in [0.05, 0.1) is 0 Å². The van der Waals surface area contributed by atoms with Gasteiger partial charge in [-0.05, 0) is 114 Å². The summed E-state index contributed by atoms with van der Waals surface area (Å²) in [5.74, 6) is 0. The van der Waals surface area contributed by atoms with Crippen LogP contribution in [-0.4, -0.2) is 0 Å². The molecule has 57 heavy (non-hydrogen) atoms. The largest absolute Gasteiger partial charge is 0.310 e. The topological polar surface area (TPSA) is 3.24 Å². The Bertz CT molecular complexity index is 2890. The Balaban J connectivity index is 1.20. The van der Waals surface area contributed by atoms with E-state index in [4.69, 9.17) is 0 Å². The molecule has 0 heterocycles. The molecular weight excluding hydrogens is 687 g/mol. The number of hydrogen-bond donors (Lipinski definition) is 0. The third-order valence-corrected chi connectivity index (χ3v) is 11.1. The van der Waals surface area contributed by atoms with Crippen molar-refractivity contribution in [1.29, 1.82) is 0 Å². The first kappa shape index (κ1) is 34.0. The molecule has 0 unspecified atom stereocenters. The lowest BCUT2D eigenvalue weighted by atomic mass is 9.82. The van der Waals surface area contributed by atoms with Gasteiger partial charge in [-0.2, -0.15) is 0 Å². The van der Waals surface area contributed by atoms with Gasteiger partial charge in [0.2, 0.25) is 0 Å². The zero-order valence-electron chi connectivity index (χ0n) is 31.5. The summed E-state index contributed by atoms with van der Waals surface area (Å²) in [6.07, 6.45) is 0. The summed E-state index contributed by atoms with van der Waals surface area (Å²) in [5.41, 5.74) is 15.3. The number of hydrogen-bond acceptors (Lipinski definition) is 1. The molecule has 1 nitrogen and oxygen atoms in total. The molecule has 10 aromatic carbocycles. The van der Waals surface area contributed by atoms with E-state index in [0.29, 0.717) is 0 Å². The average Bonchev–Trinajstić information content (AvgIpc) is 3.30. The van der Waals surface area contributed by atoms with Gasteiger partial charge in [0, 0.05) is 17.1 Å². The highest BCUT2D eigenvalue weighted by atomic mass is 15.1. The van der Waals surface area contributed by atoms with Crippen molar-refractivity contribution >= 4 is 38.6 Å². The minimum atomic E-state index is 1.09. The van der Waals surface area contributed by atoms with Gasteiger partial charge in [-0.1, -0.05) is 200 Å². The van der Waals surface area contributed by atoms with Crippen LogP contribution in [0.3, 0.4) is 0 Å². The number of nitrogens with zero attached hydrogens (tertiary/aromatic N) is 1. The van der Waals surface area contributed by atoms with Gasteiger partial charge in [-0.3, -0.25) is 0 Å². The quantitative estimate of drug-likeness (QED) is 0.141. The summed E-state index contributed by atoms with van der Waals surface area (Å²) < 4.78 is 0. The van der Waals surface area contributed by atoms with Crippen molar-refractivity contribution in [3.05, 3.63) is 237 Å². The first-order chi connectivity index (χ1) is 28.3. The summed E-state index contributed by atoms with van der Waals surface area (Å²) in [6, 6.07) is 85.6. The van der Waals surface area contributed by atoms with Crippen molar-refractivity contribution in [2.75, 3.05) is 4.90 Å². The summed E-state index contributed by atoms with van der Waals surface area (Å²) in [6.45, 7) is 0. The molecule has 0 bridgehead atoms. The van der Waals surface area contributed by atoms with Gasteiger partial charge < -0.3 is 4.90 Å². The molecular formula is C56H39N. The maximum atomic E-state index is 2.38. The van der Waals surface area contributed by atoms with Crippen LogP contribution in [0.2, 0.25) is 0 Å². The summed E-state index contributed by atoms with van der Waals surface area (Å²) in [7, 11) is 0. The molecule has 1 heteroatoms. The van der Waals surface area contributed by atoms with Crippen molar-refractivity contribution in [2.24, 2.45) is 0 Å². The van der Waals surface area contributed by atoms with E-state index < -0.39 is 0 Å². The zero-order chi connectivity index (χ0) is 38.0. The second-order valence-corrected chi connectivity index (χ2v) is 14.5. The molecule has 0 saturated carbocycles. The van der Waals surface area contributed by atoms with Crippen LogP contribution in [-0.2, 0) is 0 Å². The molecule has 0 spiro atoms. The second kappa shape index (κ2) is 15.0. The van der Waals surface area contributed by atoms with E-state index in [0.717, 1.165) is 17.1 Å². The summed E-state index contributed by atoms with van der Waals surface area (Å²) >= 11 is 0. The normalized spacial score (nSPS) is 11.2. The van der Waals surface area contributed by atoms with Crippen LogP contribution in [0.4, 0.5) is 17.1 Å². The Morgan fingerprint density at radius 2 is 0.596 bits per heavy atom. The molecule has 0 aliphatic rings. The Morgan fingerprint density at radius 3 is 1.12 bits per heavy atom. The molecule has 10 rings (SSSR count). The van der Waals surface area contributed by atoms with Crippen molar-refractivity contribution < 1.29 is 0 Å². The third kappa shape index (κ3) is 6.46. The highest BCUT2D eigenvalue weighted by Crippen LogP contribution is 2.48. The average molecular weight is 726 g/mol. The molecule has 0 aliphatic heterocycles. The van der Waals surface area contributed by atoms with Crippen molar-refractivity contribution in [1.82, 2.24) is 0 Å². The maximum Gasteiger partial charge on any atom is 0.0467 e. The van der Waals surface area contributed by atoms with Crippen LogP contribution in [0.1, 0.15) is 0 Å². The summed E-state index contributed by atoms with van der Waals surface area (Å²) in [5, 5.41) is 4.98. The number of rotatable bonds is 8. The molecule has 0 aliphatic carbocycles. The highest BCUT2D eigenvalue weighted by molar-refractivity contribution is 6.22. The van der Waals surface area contributed by atoms with Gasteiger partial charge >= 0.3 is 0 Å². The molecule has 0 aromatic heterocycles. The monoisotopic (exact) mass is 725 g/mol. The lowest BCUT2D eigenvalue weighted by Gasteiger charge is -2.27. The van der Waals surface area contributed by atoms with Crippen LogP contribution >= 0.6 is 0 Å². The molecule has 0 amide bonds. The zero-order valence-corrected chi connectivity index (χ0v) is 31.5. The standard InChI is InChI=1S/C56H39N/c1-4-17-40(18-5-1)42-31-35-46(36-32-42)57(47-37-33-43(34-38-47)41-19-6-2-7-20-41)48-24-16-23-45(39-48)55-53-29-14-11-26-50(53)51-27-12-15-30-54(51)56(55)52-28-13-10-25-49(52)44-21-8-3-9-22-44/h1-39H. The molecule has 0 N–H and O–H groups in total. The molecule has 0 fully saturated rings. The molecule has 0 atom stereocenters. The fourth-order valence-electron chi connectivity index (χ4n) is 8.41. The van der Waals surface area contributed by atoms with E-state index in [9.17, 15) is 0 Å². The molecule has 10 aromatic rings. The number of benzene rings is 10. The molecule has 0 radical (unpaired) electrons. The van der Waals surface area contributed by atoms with E-state index >= 15 is 0 Å². The Kier molecular flexibility index (Phi) is 8.95. The molecule has 268 valence electrons. The minimum absolute atomic E-state index is 1.09. The van der Waals surface area contributed by atoms with Crippen molar-refractivity contribution in [3.63, 3.8) is 0 Å². The van der Waals surface area contributed by atoms with E-state index in [1.807, 2.05) is 0 Å². The fourth-order valence-corrected chi connectivity index (χ4v) is 8.41. The predicted octanol–water partition coefficient (Wildman–Crippen LogP) is 15.8. The second-order valence-electron chi connectivity index (χ2n) is 14.5. The highest BCUT2D eigenvalue weighted by Gasteiger charge is 2.21. The van der Waals surface area contributed by atoms with Crippen molar-refractivity contribution in [3.8, 4) is 55.6 Å². The van der Waals surface area contributed by atoms with E-state index in [2.05, 4.69) is 241 Å². The van der Waals surface area contributed by atoms with E-state index in [1.165, 1.54) is 77.2 Å². The Morgan fingerprint density at radius 1 is 0.211 bits per heavy atom. The maximum absolute atomic E-state index is 2.38. The van der Waals surface area contributed by atoms with Gasteiger partial charge in [-0.25, -0.2) is 0 Å². The summed E-state index contributed by atoms with van der Waals surface area (Å²) in [4.78, 5) is 2.38. The minimum Gasteiger partial charge on any atom is -0.310 e. The van der Waals surface area contributed by atoms with E-state index in [1.54, 1.807) is 0 Å².